The third kappa shape index (κ3) is 15.4. The van der Waals surface area contributed by atoms with E-state index in [2.05, 4.69) is 31.3 Å². The Labute approximate surface area is 201 Å². The minimum Gasteiger partial charge on any atom is -0.480 e. The molecule has 1 aromatic rings. The molecule has 1 rings (SSSR count). The zero-order chi connectivity index (χ0) is 26.1. The van der Waals surface area contributed by atoms with Crippen LogP contribution in [-0.4, -0.2) is 103 Å². The zero-order valence-electron chi connectivity index (χ0n) is 19.3. The van der Waals surface area contributed by atoms with Crippen molar-refractivity contribution in [1.82, 2.24) is 36.0 Å². The van der Waals surface area contributed by atoms with Gasteiger partial charge in [0.1, 0.15) is 18.5 Å². The molecule has 0 aliphatic heterocycles. The Hall–Kier alpha value is -3.18. The molecule has 1 atom stereocenters. The van der Waals surface area contributed by atoms with Crippen LogP contribution in [0.4, 0.5) is 0 Å². The number of aromatic nitrogens is 4. The van der Waals surface area contributed by atoms with Crippen molar-refractivity contribution < 1.29 is 42.2 Å². The van der Waals surface area contributed by atoms with Crippen LogP contribution in [0.5, 0.6) is 0 Å². The van der Waals surface area contributed by atoms with Gasteiger partial charge in [0, 0.05) is 25.8 Å². The van der Waals surface area contributed by atoms with E-state index in [1.165, 1.54) is 6.92 Å². The van der Waals surface area contributed by atoms with E-state index in [1.54, 1.807) is 0 Å². The number of carboxylic acid groups (broad SMARTS) is 1. The number of aryl methyl sites for hydroxylation is 1. The van der Waals surface area contributed by atoms with Gasteiger partial charge >= 0.3 is 5.97 Å². The molecular weight excluding hydrogens is 490 g/mol. The number of H-pyrrole nitrogens is 1. The molecule has 3 amide bonds. The van der Waals surface area contributed by atoms with Crippen LogP contribution < -0.4 is 15.4 Å². The smallest absolute Gasteiger partial charge is 0.325 e. The number of nitrogens with one attached hydrogen (secondary N) is 4. The van der Waals surface area contributed by atoms with E-state index < -0.39 is 33.8 Å². The van der Waals surface area contributed by atoms with Gasteiger partial charge in [-0.1, -0.05) is 0 Å². The number of hydrogen-bond donors (Lipinski definition) is 5. The van der Waals surface area contributed by atoms with Crippen molar-refractivity contribution in [3.63, 3.8) is 0 Å². The predicted octanol–water partition coefficient (Wildman–Crippen LogP) is -2.51. The second-order valence-electron chi connectivity index (χ2n) is 7.29. The summed E-state index contributed by atoms with van der Waals surface area (Å²) in [6, 6.07) is -1.01. The van der Waals surface area contributed by atoms with Gasteiger partial charge in [-0.15, -0.1) is 5.10 Å². The molecule has 0 aliphatic carbocycles. The van der Waals surface area contributed by atoms with Crippen LogP contribution in [0, 0.1) is 0 Å². The van der Waals surface area contributed by atoms with Gasteiger partial charge in [-0.05, 0) is 30.2 Å². The number of hydrogen-bond acceptors (Lipinski definition) is 11. The minimum absolute atomic E-state index is 0.0113. The second-order valence-corrected chi connectivity index (χ2v) is 9.13. The molecule has 16 nitrogen and oxygen atoms in total. The molecule has 0 unspecified atom stereocenters. The number of carboxylic acids is 1. The summed E-state index contributed by atoms with van der Waals surface area (Å²) in [6.45, 7) is 1.66. The van der Waals surface area contributed by atoms with Gasteiger partial charge in [-0.3, -0.25) is 23.9 Å². The van der Waals surface area contributed by atoms with Crippen LogP contribution in [0.3, 0.4) is 0 Å². The SMILES string of the molecule is C[C@H](NC(=O)COCCOCCNC(=O)CCCS(=O)(=O)NC(=O)CCCc1nnn[nH]1)C(=O)O. The van der Waals surface area contributed by atoms with Gasteiger partial charge in [0.2, 0.25) is 27.7 Å². The normalized spacial score (nSPS) is 12.0. The number of sulfonamides is 1. The molecule has 198 valence electrons. The van der Waals surface area contributed by atoms with Crippen molar-refractivity contribution in [3.05, 3.63) is 5.82 Å². The lowest BCUT2D eigenvalue weighted by molar-refractivity contribution is -0.142. The van der Waals surface area contributed by atoms with Crippen molar-refractivity contribution >= 4 is 33.7 Å². The van der Waals surface area contributed by atoms with Gasteiger partial charge in [0.05, 0.1) is 25.6 Å². The van der Waals surface area contributed by atoms with Gasteiger partial charge < -0.3 is 25.2 Å². The lowest BCUT2D eigenvalue weighted by Crippen LogP contribution is -2.40. The van der Waals surface area contributed by atoms with Gasteiger partial charge in [-0.25, -0.2) is 13.5 Å². The monoisotopic (exact) mass is 521 g/mol. The third-order valence-corrected chi connectivity index (χ3v) is 5.58. The van der Waals surface area contributed by atoms with Crippen molar-refractivity contribution in [2.75, 3.05) is 38.7 Å². The maximum atomic E-state index is 11.9. The lowest BCUT2D eigenvalue weighted by atomic mass is 10.2. The summed E-state index contributed by atoms with van der Waals surface area (Å²) in [7, 11) is -3.84. The topological polar surface area (TPSA) is 232 Å². The number of nitrogens with zero attached hydrogens (tertiary/aromatic N) is 3. The molecule has 1 aromatic heterocycles. The number of carbonyl (C=O) groups is 4. The van der Waals surface area contributed by atoms with Crippen LogP contribution in [0.1, 0.15) is 38.4 Å². The highest BCUT2D eigenvalue weighted by atomic mass is 32.2. The van der Waals surface area contributed by atoms with E-state index in [0.717, 1.165) is 0 Å². The van der Waals surface area contributed by atoms with Gasteiger partial charge in [0.25, 0.3) is 0 Å². The van der Waals surface area contributed by atoms with Crippen molar-refractivity contribution in [2.45, 2.75) is 45.1 Å². The molecule has 17 heteroatoms. The Morgan fingerprint density at radius 1 is 1.03 bits per heavy atom. The molecule has 0 radical (unpaired) electrons. The number of amides is 3. The fraction of sp³-hybridized carbons (Fsp3) is 0.722. The Morgan fingerprint density at radius 3 is 2.43 bits per heavy atom. The van der Waals surface area contributed by atoms with Crippen LogP contribution in [0.15, 0.2) is 0 Å². The summed E-state index contributed by atoms with van der Waals surface area (Å²) in [5.41, 5.74) is 0. The molecule has 0 aromatic carbocycles. The summed E-state index contributed by atoms with van der Waals surface area (Å²) in [6.07, 6.45) is 0.761. The number of carbonyl (C=O) groups excluding carboxylic acids is 3. The first-order valence-electron chi connectivity index (χ1n) is 10.8. The van der Waals surface area contributed by atoms with E-state index in [9.17, 15) is 27.6 Å². The maximum absolute atomic E-state index is 11.9. The van der Waals surface area contributed by atoms with Crippen LogP contribution >= 0.6 is 0 Å². The largest absolute Gasteiger partial charge is 0.480 e. The van der Waals surface area contributed by atoms with Crippen molar-refractivity contribution in [2.24, 2.45) is 0 Å². The fourth-order valence-electron chi connectivity index (χ4n) is 2.48. The molecule has 35 heavy (non-hydrogen) atoms. The second kappa shape index (κ2) is 16.4. The van der Waals surface area contributed by atoms with Crippen molar-refractivity contribution in [1.29, 1.82) is 0 Å². The summed E-state index contributed by atoms with van der Waals surface area (Å²) in [5, 5.41) is 26.5. The minimum atomic E-state index is -3.84. The third-order valence-electron chi connectivity index (χ3n) is 4.21. The molecule has 0 aliphatic rings. The highest BCUT2D eigenvalue weighted by molar-refractivity contribution is 7.90. The first-order chi connectivity index (χ1) is 16.6. The Balaban J connectivity index is 2.01. The standard InChI is InChI=1S/C18H31N7O9S/c1-13(18(29)30)20-17(28)12-34-10-9-33-8-7-19-15(26)6-3-11-35(31,32)23-16(27)5-2-4-14-21-24-25-22-14/h13H,2-12H2,1H3,(H,19,26)(H,20,28)(H,23,27)(H,29,30)(H,21,22,24,25)/t13-/m0/s1. The van der Waals surface area contributed by atoms with E-state index in [1.807, 2.05) is 4.72 Å². The van der Waals surface area contributed by atoms with E-state index in [4.69, 9.17) is 14.6 Å². The van der Waals surface area contributed by atoms with E-state index in [-0.39, 0.29) is 63.9 Å². The molecule has 0 fully saturated rings. The lowest BCUT2D eigenvalue weighted by Gasteiger charge is -2.10. The van der Waals surface area contributed by atoms with Gasteiger partial charge in [-0.2, -0.15) is 0 Å². The van der Waals surface area contributed by atoms with Crippen LogP contribution in [-0.2, 0) is 45.1 Å². The van der Waals surface area contributed by atoms with Crippen LogP contribution in [0.2, 0.25) is 0 Å². The predicted molar refractivity (Wildman–Crippen MR) is 118 cm³/mol. The molecule has 0 bridgehead atoms. The van der Waals surface area contributed by atoms with E-state index >= 15 is 0 Å². The fourth-order valence-corrected chi connectivity index (χ4v) is 3.56. The molecular formula is C18H31N7O9S. The highest BCUT2D eigenvalue weighted by Crippen LogP contribution is 2.00. The first kappa shape index (κ1) is 29.9. The van der Waals surface area contributed by atoms with Crippen LogP contribution in [0.25, 0.3) is 0 Å². The maximum Gasteiger partial charge on any atom is 0.325 e. The molecule has 0 spiro atoms. The summed E-state index contributed by atoms with van der Waals surface area (Å²) >= 11 is 0. The molecule has 0 saturated carbocycles. The highest BCUT2D eigenvalue weighted by Gasteiger charge is 2.16. The zero-order valence-corrected chi connectivity index (χ0v) is 20.1. The van der Waals surface area contributed by atoms with E-state index in [0.29, 0.717) is 18.7 Å². The quantitative estimate of drug-likeness (QED) is 0.119. The summed E-state index contributed by atoms with van der Waals surface area (Å²) in [5.74, 6) is -2.59. The molecule has 5 N–H and O–H groups in total. The van der Waals surface area contributed by atoms with Gasteiger partial charge in [0.15, 0.2) is 0 Å². The molecule has 0 saturated heterocycles. The Kier molecular flexibility index (Phi) is 14.0. The number of tetrazole rings is 1. The summed E-state index contributed by atoms with van der Waals surface area (Å²) in [4.78, 5) is 45.5. The van der Waals surface area contributed by atoms with Crippen molar-refractivity contribution in [3.8, 4) is 0 Å². The Bertz CT molecular complexity index is 909. The number of aromatic amines is 1. The first-order valence-corrected chi connectivity index (χ1v) is 12.4. The average molecular weight is 522 g/mol. The number of ether oxygens (including phenoxy) is 2. The summed E-state index contributed by atoms with van der Waals surface area (Å²) < 4.78 is 36.1. The number of aliphatic carboxylic acids is 1. The molecule has 1 heterocycles. The number of rotatable bonds is 19. The average Bonchev–Trinajstić information content (AvgIpc) is 3.28. The Morgan fingerprint density at radius 2 is 1.74 bits per heavy atom.